The molecule has 1 aromatic heterocycles. The average molecular weight is 358 g/mol. The molecule has 0 saturated carbocycles. The Labute approximate surface area is 141 Å². The van der Waals surface area contributed by atoms with E-state index in [1.165, 1.54) is 17.0 Å². The van der Waals surface area contributed by atoms with Gasteiger partial charge in [-0.05, 0) is 45.0 Å². The first-order valence-corrected chi connectivity index (χ1v) is 7.24. The first-order valence-electron chi connectivity index (χ1n) is 7.24. The Kier molecular flexibility index (Phi) is 4.91. The summed E-state index contributed by atoms with van der Waals surface area (Å²) in [4.78, 5) is 16.7. The Balaban J connectivity index is 2.14. The molecule has 1 heterocycles. The number of benzene rings is 1. The van der Waals surface area contributed by atoms with Crippen molar-refractivity contribution in [2.75, 3.05) is 0 Å². The van der Waals surface area contributed by atoms with Gasteiger partial charge in [-0.25, -0.2) is 9.78 Å². The first kappa shape index (κ1) is 18.6. The van der Waals surface area contributed by atoms with Gasteiger partial charge in [0.25, 0.3) is 0 Å². The van der Waals surface area contributed by atoms with Crippen LogP contribution in [0.1, 0.15) is 26.6 Å². The van der Waals surface area contributed by atoms with Crippen LogP contribution < -0.4 is 4.74 Å². The van der Waals surface area contributed by atoms with E-state index in [0.717, 1.165) is 12.1 Å². The van der Waals surface area contributed by atoms with Crippen LogP contribution in [-0.4, -0.2) is 43.2 Å². The second-order valence-electron chi connectivity index (χ2n) is 6.22. The third-order valence-corrected chi connectivity index (χ3v) is 3.23. The number of aromatic nitrogens is 3. The SMILES string of the molecule is CC(C)(C)N(Cc1nc(-c2ccc(OC(F)(F)F)cc2)n[nH]1)C(=O)O. The van der Waals surface area contributed by atoms with Gasteiger partial charge in [-0.3, -0.25) is 10.00 Å². The van der Waals surface area contributed by atoms with E-state index in [1.54, 1.807) is 20.8 Å². The molecule has 0 spiro atoms. The number of hydrogen-bond donors (Lipinski definition) is 2. The van der Waals surface area contributed by atoms with Crippen molar-refractivity contribution in [1.82, 2.24) is 20.1 Å². The summed E-state index contributed by atoms with van der Waals surface area (Å²) < 4.78 is 40.2. The molecule has 0 aliphatic heterocycles. The van der Waals surface area contributed by atoms with Crippen molar-refractivity contribution in [3.05, 3.63) is 30.1 Å². The van der Waals surface area contributed by atoms with Crippen molar-refractivity contribution in [3.8, 4) is 17.1 Å². The molecule has 1 amide bonds. The number of rotatable bonds is 4. The van der Waals surface area contributed by atoms with Gasteiger partial charge in [-0.15, -0.1) is 13.2 Å². The van der Waals surface area contributed by atoms with Gasteiger partial charge >= 0.3 is 12.5 Å². The topological polar surface area (TPSA) is 91.3 Å². The summed E-state index contributed by atoms with van der Waals surface area (Å²) in [5.74, 6) is 0.215. The van der Waals surface area contributed by atoms with Gasteiger partial charge in [-0.2, -0.15) is 5.10 Å². The molecule has 0 atom stereocenters. The molecule has 0 fully saturated rings. The molecule has 0 bridgehead atoms. The highest BCUT2D eigenvalue weighted by Crippen LogP contribution is 2.25. The van der Waals surface area contributed by atoms with Gasteiger partial charge in [0, 0.05) is 11.1 Å². The van der Waals surface area contributed by atoms with E-state index in [1.807, 2.05) is 0 Å². The molecule has 0 saturated heterocycles. The molecular weight excluding hydrogens is 341 g/mol. The average Bonchev–Trinajstić information content (AvgIpc) is 2.91. The van der Waals surface area contributed by atoms with Gasteiger partial charge in [0.1, 0.15) is 11.6 Å². The number of hydrogen-bond acceptors (Lipinski definition) is 4. The summed E-state index contributed by atoms with van der Waals surface area (Å²) in [6.45, 7) is 5.24. The van der Waals surface area contributed by atoms with Crippen LogP contribution in [0.15, 0.2) is 24.3 Å². The molecular formula is C15H17F3N4O3. The molecule has 0 aliphatic carbocycles. The quantitative estimate of drug-likeness (QED) is 0.870. The molecule has 136 valence electrons. The molecule has 0 aliphatic rings. The Morgan fingerprint density at radius 3 is 2.32 bits per heavy atom. The van der Waals surface area contributed by atoms with Crippen LogP contribution in [0.2, 0.25) is 0 Å². The van der Waals surface area contributed by atoms with Crippen LogP contribution in [0.3, 0.4) is 0 Å². The number of halogens is 3. The zero-order chi connectivity index (χ0) is 18.8. The number of aromatic amines is 1. The van der Waals surface area contributed by atoms with Crippen molar-refractivity contribution < 1.29 is 27.8 Å². The van der Waals surface area contributed by atoms with Crippen molar-refractivity contribution in [3.63, 3.8) is 0 Å². The summed E-state index contributed by atoms with van der Waals surface area (Å²) in [7, 11) is 0. The minimum atomic E-state index is -4.76. The molecule has 2 aromatic rings. The maximum atomic E-state index is 12.1. The Hall–Kier alpha value is -2.78. The minimum Gasteiger partial charge on any atom is -0.465 e. The van der Waals surface area contributed by atoms with E-state index < -0.39 is 18.0 Å². The fourth-order valence-electron chi connectivity index (χ4n) is 2.04. The lowest BCUT2D eigenvalue weighted by Gasteiger charge is -2.32. The van der Waals surface area contributed by atoms with Gasteiger partial charge in [-0.1, -0.05) is 0 Å². The number of nitrogens with one attached hydrogen (secondary N) is 1. The third-order valence-electron chi connectivity index (χ3n) is 3.23. The van der Waals surface area contributed by atoms with Crippen molar-refractivity contribution in [2.24, 2.45) is 0 Å². The smallest absolute Gasteiger partial charge is 0.465 e. The number of amides is 1. The van der Waals surface area contributed by atoms with Gasteiger partial charge in [0.15, 0.2) is 5.82 Å². The molecule has 10 heteroatoms. The molecule has 7 nitrogen and oxygen atoms in total. The second-order valence-corrected chi connectivity index (χ2v) is 6.22. The Bertz CT molecular complexity index is 736. The van der Waals surface area contributed by atoms with Crippen LogP contribution >= 0.6 is 0 Å². The molecule has 0 unspecified atom stereocenters. The van der Waals surface area contributed by atoms with Gasteiger partial charge in [0.2, 0.25) is 0 Å². The maximum absolute atomic E-state index is 12.1. The number of alkyl halides is 3. The highest BCUT2D eigenvalue weighted by molar-refractivity contribution is 5.66. The van der Waals surface area contributed by atoms with Crippen LogP contribution in [0.4, 0.5) is 18.0 Å². The van der Waals surface area contributed by atoms with Crippen LogP contribution in [0.25, 0.3) is 11.4 Å². The minimum absolute atomic E-state index is 0.00109. The summed E-state index contributed by atoms with van der Waals surface area (Å²) >= 11 is 0. The van der Waals surface area contributed by atoms with E-state index in [4.69, 9.17) is 0 Å². The van der Waals surface area contributed by atoms with Crippen LogP contribution in [0, 0.1) is 0 Å². The van der Waals surface area contributed by atoms with Crippen molar-refractivity contribution >= 4 is 6.09 Å². The Morgan fingerprint density at radius 1 is 1.24 bits per heavy atom. The van der Waals surface area contributed by atoms with E-state index in [9.17, 15) is 23.1 Å². The largest absolute Gasteiger partial charge is 0.573 e. The van der Waals surface area contributed by atoms with Gasteiger partial charge in [0.05, 0.1) is 6.54 Å². The van der Waals surface area contributed by atoms with E-state index >= 15 is 0 Å². The Morgan fingerprint density at radius 2 is 1.84 bits per heavy atom. The molecule has 0 radical (unpaired) electrons. The first-order chi connectivity index (χ1) is 11.5. The summed E-state index contributed by atoms with van der Waals surface area (Å²) in [5, 5.41) is 15.9. The van der Waals surface area contributed by atoms with E-state index in [0.29, 0.717) is 11.4 Å². The number of H-pyrrole nitrogens is 1. The molecule has 2 N–H and O–H groups in total. The summed E-state index contributed by atoms with van der Waals surface area (Å²) in [6, 6.07) is 5.06. The number of nitrogens with zero attached hydrogens (tertiary/aromatic N) is 3. The van der Waals surface area contributed by atoms with Crippen LogP contribution in [0.5, 0.6) is 5.75 Å². The standard InChI is InChI=1S/C15H17F3N4O3/c1-14(2,3)22(13(23)24)8-11-19-12(21-20-11)9-4-6-10(7-5-9)25-15(16,17)18/h4-7H,8H2,1-3H3,(H,23,24)(H,19,20,21). The predicted octanol–water partition coefficient (Wildman–Crippen LogP) is 3.65. The highest BCUT2D eigenvalue weighted by Gasteiger charge is 2.31. The monoisotopic (exact) mass is 358 g/mol. The lowest BCUT2D eigenvalue weighted by atomic mass is 10.1. The van der Waals surface area contributed by atoms with Gasteiger partial charge < -0.3 is 9.84 Å². The van der Waals surface area contributed by atoms with E-state index in [-0.39, 0.29) is 18.1 Å². The summed E-state index contributed by atoms with van der Waals surface area (Å²) in [6.07, 6.45) is -5.86. The zero-order valence-corrected chi connectivity index (χ0v) is 13.8. The zero-order valence-electron chi connectivity index (χ0n) is 13.8. The fraction of sp³-hybridized carbons (Fsp3) is 0.400. The molecule has 1 aromatic carbocycles. The molecule has 2 rings (SSSR count). The number of ether oxygens (including phenoxy) is 1. The fourth-order valence-corrected chi connectivity index (χ4v) is 2.04. The predicted molar refractivity (Wildman–Crippen MR) is 81.8 cm³/mol. The normalized spacial score (nSPS) is 12.1. The van der Waals surface area contributed by atoms with E-state index in [2.05, 4.69) is 19.9 Å². The molecule has 25 heavy (non-hydrogen) atoms. The number of carbonyl (C=O) groups is 1. The highest BCUT2D eigenvalue weighted by atomic mass is 19.4. The maximum Gasteiger partial charge on any atom is 0.573 e. The third kappa shape index (κ3) is 5.10. The van der Waals surface area contributed by atoms with Crippen molar-refractivity contribution in [1.29, 1.82) is 0 Å². The second kappa shape index (κ2) is 6.61. The number of carboxylic acid groups (broad SMARTS) is 1. The van der Waals surface area contributed by atoms with Crippen LogP contribution in [-0.2, 0) is 6.54 Å². The van der Waals surface area contributed by atoms with Crippen molar-refractivity contribution in [2.45, 2.75) is 39.2 Å². The lowest BCUT2D eigenvalue weighted by Crippen LogP contribution is -2.44. The summed E-state index contributed by atoms with van der Waals surface area (Å²) in [5.41, 5.74) is -0.162. The lowest BCUT2D eigenvalue weighted by molar-refractivity contribution is -0.274.